The number of benzene rings is 1. The van der Waals surface area contributed by atoms with Crippen molar-refractivity contribution >= 4 is 15.9 Å². The highest BCUT2D eigenvalue weighted by Crippen LogP contribution is 2.42. The molecule has 0 spiro atoms. The highest BCUT2D eigenvalue weighted by molar-refractivity contribution is 9.10. The van der Waals surface area contributed by atoms with Crippen LogP contribution >= 0.6 is 15.9 Å². The van der Waals surface area contributed by atoms with E-state index in [0.29, 0.717) is 0 Å². The van der Waals surface area contributed by atoms with Crippen molar-refractivity contribution < 1.29 is 4.39 Å². The molecule has 0 heterocycles. The maximum Gasteiger partial charge on any atom is 0.138 e. The highest BCUT2D eigenvalue weighted by atomic mass is 79.9. The van der Waals surface area contributed by atoms with Crippen LogP contribution in [0.5, 0.6) is 0 Å². The van der Waals surface area contributed by atoms with Gasteiger partial charge in [0.25, 0.3) is 0 Å². The molecule has 1 unspecified atom stereocenters. The van der Waals surface area contributed by atoms with Crippen molar-refractivity contribution in [1.29, 1.82) is 0 Å². The monoisotopic (exact) mass is 258 g/mol. The van der Waals surface area contributed by atoms with Gasteiger partial charge >= 0.3 is 0 Å². The molecule has 1 aromatic rings. The van der Waals surface area contributed by atoms with E-state index >= 15 is 0 Å². The fraction of sp³-hybridized carbons (Fsp3) is 0.500. The van der Waals surface area contributed by atoms with E-state index < -0.39 is 11.1 Å². The van der Waals surface area contributed by atoms with E-state index in [0.717, 1.165) is 10.0 Å². The Morgan fingerprint density at radius 2 is 1.71 bits per heavy atom. The molecule has 0 nitrogen and oxygen atoms in total. The van der Waals surface area contributed by atoms with Crippen LogP contribution in [0.15, 0.2) is 28.7 Å². The van der Waals surface area contributed by atoms with Crippen molar-refractivity contribution in [3.05, 3.63) is 34.3 Å². The van der Waals surface area contributed by atoms with Gasteiger partial charge in [0.1, 0.15) is 5.67 Å². The summed E-state index contributed by atoms with van der Waals surface area (Å²) < 4.78 is 15.4. The van der Waals surface area contributed by atoms with Gasteiger partial charge < -0.3 is 0 Å². The van der Waals surface area contributed by atoms with Gasteiger partial charge in [-0.25, -0.2) is 4.39 Å². The quantitative estimate of drug-likeness (QED) is 0.686. The topological polar surface area (TPSA) is 0 Å². The van der Waals surface area contributed by atoms with Gasteiger partial charge in [-0.1, -0.05) is 48.8 Å². The van der Waals surface area contributed by atoms with Gasteiger partial charge in [-0.05, 0) is 30.0 Å². The van der Waals surface area contributed by atoms with Crippen molar-refractivity contribution in [1.82, 2.24) is 0 Å². The number of halogens is 2. The first kappa shape index (κ1) is 11.7. The van der Waals surface area contributed by atoms with E-state index in [4.69, 9.17) is 0 Å². The van der Waals surface area contributed by atoms with Gasteiger partial charge in [-0.3, -0.25) is 0 Å². The van der Waals surface area contributed by atoms with E-state index in [-0.39, 0.29) is 0 Å². The maximum atomic E-state index is 14.5. The van der Waals surface area contributed by atoms with Crippen LogP contribution in [0.4, 0.5) is 4.39 Å². The minimum Gasteiger partial charge on any atom is -0.238 e. The predicted octanol–water partition coefficient (Wildman–Crippen LogP) is 4.68. The van der Waals surface area contributed by atoms with Crippen LogP contribution in [0.2, 0.25) is 0 Å². The van der Waals surface area contributed by atoms with Gasteiger partial charge in [-0.15, -0.1) is 0 Å². The van der Waals surface area contributed by atoms with E-state index in [1.165, 1.54) is 0 Å². The second-order valence-corrected chi connectivity index (χ2v) is 5.68. The molecule has 2 heteroatoms. The zero-order valence-corrected chi connectivity index (χ0v) is 10.7. The van der Waals surface area contributed by atoms with Crippen LogP contribution in [-0.4, -0.2) is 0 Å². The minimum atomic E-state index is -1.31. The molecule has 0 aliphatic heterocycles. The van der Waals surface area contributed by atoms with Crippen LogP contribution in [-0.2, 0) is 5.67 Å². The zero-order valence-electron chi connectivity index (χ0n) is 9.07. The molecule has 0 aromatic heterocycles. The van der Waals surface area contributed by atoms with Gasteiger partial charge in [0.2, 0.25) is 0 Å². The van der Waals surface area contributed by atoms with Crippen LogP contribution in [0.1, 0.15) is 33.3 Å². The fourth-order valence-corrected chi connectivity index (χ4v) is 1.61. The molecule has 0 bridgehead atoms. The largest absolute Gasteiger partial charge is 0.238 e. The first-order chi connectivity index (χ1) is 6.25. The Hall–Kier alpha value is -0.370. The average molecular weight is 259 g/mol. The smallest absolute Gasteiger partial charge is 0.138 e. The fourth-order valence-electron chi connectivity index (χ4n) is 1.21. The molecule has 0 saturated heterocycles. The summed E-state index contributed by atoms with van der Waals surface area (Å²) in [6, 6.07) is 7.44. The maximum absolute atomic E-state index is 14.5. The minimum absolute atomic E-state index is 0.395. The summed E-state index contributed by atoms with van der Waals surface area (Å²) in [5.74, 6) is 0. The van der Waals surface area contributed by atoms with E-state index in [1.54, 1.807) is 6.92 Å². The predicted molar refractivity (Wildman–Crippen MR) is 62.1 cm³/mol. The third kappa shape index (κ3) is 2.17. The third-order valence-corrected chi connectivity index (χ3v) is 3.27. The SMILES string of the molecule is CC(C)(C)C(C)(F)c1cccc(Br)c1. The molecule has 1 aromatic carbocycles. The lowest BCUT2D eigenvalue weighted by molar-refractivity contribution is 0.0452. The molecular weight excluding hydrogens is 243 g/mol. The summed E-state index contributed by atoms with van der Waals surface area (Å²) in [5, 5.41) is 0. The summed E-state index contributed by atoms with van der Waals surface area (Å²) in [5.41, 5.74) is -0.982. The first-order valence-electron chi connectivity index (χ1n) is 4.70. The Morgan fingerprint density at radius 3 is 2.14 bits per heavy atom. The Balaban J connectivity index is 3.16. The van der Waals surface area contributed by atoms with Crippen LogP contribution in [0, 0.1) is 5.41 Å². The molecule has 1 atom stereocenters. The summed E-state index contributed by atoms with van der Waals surface area (Å²) in [4.78, 5) is 0. The Bertz CT molecular complexity index is 323. The molecule has 0 N–H and O–H groups in total. The van der Waals surface area contributed by atoms with Gasteiger partial charge in [0, 0.05) is 4.47 Å². The third-order valence-electron chi connectivity index (χ3n) is 2.78. The second kappa shape index (κ2) is 3.65. The van der Waals surface area contributed by atoms with Gasteiger partial charge in [0.15, 0.2) is 0 Å². The molecule has 0 saturated carbocycles. The van der Waals surface area contributed by atoms with Crippen LogP contribution in [0.3, 0.4) is 0 Å². The molecule has 78 valence electrons. The Kier molecular flexibility index (Phi) is 3.05. The van der Waals surface area contributed by atoms with Crippen molar-refractivity contribution in [2.24, 2.45) is 5.41 Å². The standard InChI is InChI=1S/C12H16BrF/c1-11(2,3)12(4,14)9-6-5-7-10(13)8-9/h5-8H,1-4H3. The lowest BCUT2D eigenvalue weighted by Crippen LogP contribution is -2.32. The van der Waals surface area contributed by atoms with Crippen molar-refractivity contribution in [3.8, 4) is 0 Å². The molecule has 1 rings (SSSR count). The molecule has 0 amide bonds. The number of hydrogen-bond acceptors (Lipinski definition) is 0. The zero-order chi connectivity index (χ0) is 11.0. The van der Waals surface area contributed by atoms with Crippen molar-refractivity contribution in [2.45, 2.75) is 33.4 Å². The summed E-state index contributed by atoms with van der Waals surface area (Å²) >= 11 is 3.35. The Labute approximate surface area is 93.7 Å². The second-order valence-electron chi connectivity index (χ2n) is 4.76. The van der Waals surface area contributed by atoms with E-state index in [9.17, 15) is 4.39 Å². The van der Waals surface area contributed by atoms with E-state index in [1.807, 2.05) is 45.0 Å². The molecule has 0 radical (unpaired) electrons. The van der Waals surface area contributed by atoms with Gasteiger partial charge in [-0.2, -0.15) is 0 Å². The van der Waals surface area contributed by atoms with Crippen LogP contribution < -0.4 is 0 Å². The molecule has 0 fully saturated rings. The number of rotatable bonds is 1. The molecular formula is C12H16BrF. The number of alkyl halides is 1. The average Bonchev–Trinajstić information content (AvgIpc) is 2.02. The van der Waals surface area contributed by atoms with Crippen molar-refractivity contribution in [3.63, 3.8) is 0 Å². The van der Waals surface area contributed by atoms with Crippen LogP contribution in [0.25, 0.3) is 0 Å². The highest BCUT2D eigenvalue weighted by Gasteiger charge is 2.39. The number of hydrogen-bond donors (Lipinski definition) is 0. The Morgan fingerprint density at radius 1 is 1.14 bits per heavy atom. The molecule has 14 heavy (non-hydrogen) atoms. The first-order valence-corrected chi connectivity index (χ1v) is 5.49. The van der Waals surface area contributed by atoms with Gasteiger partial charge in [0.05, 0.1) is 0 Å². The lowest BCUT2D eigenvalue weighted by atomic mass is 9.75. The summed E-state index contributed by atoms with van der Waals surface area (Å²) in [6.45, 7) is 7.37. The van der Waals surface area contributed by atoms with E-state index in [2.05, 4.69) is 15.9 Å². The summed E-state index contributed by atoms with van der Waals surface area (Å²) in [6.07, 6.45) is 0. The van der Waals surface area contributed by atoms with Crippen molar-refractivity contribution in [2.75, 3.05) is 0 Å². The normalized spacial score (nSPS) is 16.4. The molecule has 0 aliphatic rings. The summed E-state index contributed by atoms with van der Waals surface area (Å²) in [7, 11) is 0. The lowest BCUT2D eigenvalue weighted by Gasteiger charge is -2.35. The molecule has 0 aliphatic carbocycles.